The summed E-state index contributed by atoms with van der Waals surface area (Å²) in [7, 11) is 0. The first-order valence-electron chi connectivity index (χ1n) is 7.75. The van der Waals surface area contributed by atoms with E-state index in [1.54, 1.807) is 12.1 Å². The highest BCUT2D eigenvalue weighted by Gasteiger charge is 2.34. The molecule has 1 N–H and O–H groups in total. The van der Waals surface area contributed by atoms with Crippen LogP contribution in [-0.4, -0.2) is 6.54 Å². The number of hydrogen-bond donors (Lipinski definition) is 1. The summed E-state index contributed by atoms with van der Waals surface area (Å²) in [6.45, 7) is 3.18. The molecule has 22 heavy (non-hydrogen) atoms. The van der Waals surface area contributed by atoms with Crippen LogP contribution < -0.4 is 5.32 Å². The second-order valence-electron chi connectivity index (χ2n) is 5.96. The fraction of sp³-hybridized carbons (Fsp3) is 0.300. The topological polar surface area (TPSA) is 12.0 Å². The monoisotopic (exact) mass is 293 g/mol. The summed E-state index contributed by atoms with van der Waals surface area (Å²) >= 11 is 0. The van der Waals surface area contributed by atoms with Gasteiger partial charge in [-0.05, 0) is 54.1 Å². The van der Waals surface area contributed by atoms with Crippen LogP contribution in [0.25, 0.3) is 0 Å². The maximum atomic E-state index is 13.7. The Bertz CT molecular complexity index is 687. The zero-order valence-electron chi connectivity index (χ0n) is 12.7. The first-order valence-corrected chi connectivity index (χ1v) is 7.75. The van der Waals surface area contributed by atoms with Gasteiger partial charge in [-0.25, -0.2) is 4.39 Å². The summed E-state index contributed by atoms with van der Waals surface area (Å²) in [5.41, 5.74) is 3.01. The van der Waals surface area contributed by atoms with E-state index in [2.05, 4.69) is 42.4 Å². The smallest absolute Gasteiger partial charge is 0.123 e. The molecule has 0 saturated carbocycles. The summed E-state index contributed by atoms with van der Waals surface area (Å²) in [6.07, 6.45) is 6.67. The van der Waals surface area contributed by atoms with E-state index < -0.39 is 0 Å². The molecule has 0 bridgehead atoms. The van der Waals surface area contributed by atoms with Crippen molar-refractivity contribution in [1.82, 2.24) is 5.32 Å². The molecule has 3 atom stereocenters. The molecule has 0 aromatic heterocycles. The van der Waals surface area contributed by atoms with Crippen LogP contribution in [0.5, 0.6) is 0 Å². The van der Waals surface area contributed by atoms with Crippen LogP contribution in [0.3, 0.4) is 0 Å². The Kier molecular flexibility index (Phi) is 4.27. The highest BCUT2D eigenvalue weighted by molar-refractivity contribution is 5.43. The van der Waals surface area contributed by atoms with Gasteiger partial charge in [-0.15, -0.1) is 6.42 Å². The van der Waals surface area contributed by atoms with Crippen molar-refractivity contribution in [2.45, 2.75) is 25.3 Å². The Balaban J connectivity index is 1.94. The van der Waals surface area contributed by atoms with Crippen molar-refractivity contribution in [2.24, 2.45) is 5.92 Å². The molecular formula is C20H20FN. The standard InChI is InChI=1S/C20H20FN/c1-3-15-9-10-17(21)13-19(15)20-18(11-12-22-20)14(2)16-7-5-4-6-8-16/h1,4-10,13-14,18,20,22H,11-12H2,2H3/t14-,18+,20+/m1/s1. The molecule has 1 aliphatic rings. The lowest BCUT2D eigenvalue weighted by Crippen LogP contribution is -2.22. The maximum absolute atomic E-state index is 13.7. The van der Waals surface area contributed by atoms with Gasteiger partial charge in [0.2, 0.25) is 0 Å². The van der Waals surface area contributed by atoms with Gasteiger partial charge in [0.1, 0.15) is 5.82 Å². The van der Waals surface area contributed by atoms with Gasteiger partial charge in [0.05, 0.1) is 0 Å². The van der Waals surface area contributed by atoms with Crippen LogP contribution in [0.2, 0.25) is 0 Å². The minimum Gasteiger partial charge on any atom is -0.310 e. The number of halogens is 1. The summed E-state index contributed by atoms with van der Waals surface area (Å²) in [5.74, 6) is 3.28. The van der Waals surface area contributed by atoms with Gasteiger partial charge in [-0.1, -0.05) is 43.2 Å². The Morgan fingerprint density at radius 1 is 1.23 bits per heavy atom. The van der Waals surface area contributed by atoms with Crippen LogP contribution in [0.4, 0.5) is 4.39 Å². The molecule has 1 nitrogen and oxygen atoms in total. The fourth-order valence-electron chi connectivity index (χ4n) is 3.53. The predicted octanol–water partition coefficient (Wildman–Crippen LogP) is 4.26. The highest BCUT2D eigenvalue weighted by Crippen LogP contribution is 2.40. The summed E-state index contributed by atoms with van der Waals surface area (Å²) in [4.78, 5) is 0. The zero-order chi connectivity index (χ0) is 15.5. The van der Waals surface area contributed by atoms with Crippen molar-refractivity contribution < 1.29 is 4.39 Å². The SMILES string of the molecule is C#Cc1ccc(F)cc1[C@H]1NCC[C@H]1[C@H](C)c1ccccc1. The molecule has 1 aliphatic heterocycles. The molecule has 0 unspecified atom stereocenters. The number of terminal acetylenes is 1. The van der Waals surface area contributed by atoms with Crippen molar-refractivity contribution in [3.63, 3.8) is 0 Å². The van der Waals surface area contributed by atoms with Gasteiger partial charge in [0.15, 0.2) is 0 Å². The zero-order valence-corrected chi connectivity index (χ0v) is 12.7. The summed E-state index contributed by atoms with van der Waals surface area (Å²) in [6, 6.07) is 15.3. The average molecular weight is 293 g/mol. The van der Waals surface area contributed by atoms with E-state index in [-0.39, 0.29) is 11.9 Å². The molecule has 1 saturated heterocycles. The predicted molar refractivity (Wildman–Crippen MR) is 88.0 cm³/mol. The molecule has 1 fully saturated rings. The van der Waals surface area contributed by atoms with Gasteiger partial charge < -0.3 is 5.32 Å². The van der Waals surface area contributed by atoms with Crippen molar-refractivity contribution in [3.05, 3.63) is 71.0 Å². The Labute approximate surface area is 131 Å². The third-order valence-electron chi connectivity index (χ3n) is 4.74. The average Bonchev–Trinajstić information content (AvgIpc) is 3.04. The lowest BCUT2D eigenvalue weighted by molar-refractivity contribution is 0.397. The third-order valence-corrected chi connectivity index (χ3v) is 4.74. The molecule has 112 valence electrons. The number of benzene rings is 2. The molecule has 2 aromatic carbocycles. The highest BCUT2D eigenvalue weighted by atomic mass is 19.1. The second-order valence-corrected chi connectivity index (χ2v) is 5.96. The van der Waals surface area contributed by atoms with Crippen LogP contribution in [-0.2, 0) is 0 Å². The Morgan fingerprint density at radius 3 is 2.73 bits per heavy atom. The Hall–Kier alpha value is -2.11. The fourth-order valence-corrected chi connectivity index (χ4v) is 3.53. The maximum Gasteiger partial charge on any atom is 0.123 e. The van der Waals surface area contributed by atoms with Crippen molar-refractivity contribution in [1.29, 1.82) is 0 Å². The van der Waals surface area contributed by atoms with E-state index in [0.29, 0.717) is 11.8 Å². The van der Waals surface area contributed by atoms with Gasteiger partial charge in [0, 0.05) is 11.6 Å². The van der Waals surface area contributed by atoms with Crippen LogP contribution in [0.1, 0.15) is 42.0 Å². The van der Waals surface area contributed by atoms with Crippen molar-refractivity contribution in [3.8, 4) is 12.3 Å². The van der Waals surface area contributed by atoms with Gasteiger partial charge in [-0.2, -0.15) is 0 Å². The van der Waals surface area contributed by atoms with E-state index >= 15 is 0 Å². The van der Waals surface area contributed by atoms with E-state index in [1.807, 2.05) is 6.07 Å². The third kappa shape index (κ3) is 2.77. The molecule has 2 aromatic rings. The second kappa shape index (κ2) is 6.34. The minimum atomic E-state index is -0.228. The van der Waals surface area contributed by atoms with E-state index in [9.17, 15) is 4.39 Å². The van der Waals surface area contributed by atoms with Gasteiger partial charge in [-0.3, -0.25) is 0 Å². The Morgan fingerprint density at radius 2 is 2.00 bits per heavy atom. The molecule has 0 amide bonds. The summed E-state index contributed by atoms with van der Waals surface area (Å²) < 4.78 is 13.7. The number of nitrogens with one attached hydrogen (secondary N) is 1. The van der Waals surface area contributed by atoms with Crippen LogP contribution in [0, 0.1) is 24.1 Å². The van der Waals surface area contributed by atoms with E-state index in [4.69, 9.17) is 6.42 Å². The molecule has 1 heterocycles. The lowest BCUT2D eigenvalue weighted by Gasteiger charge is -2.27. The van der Waals surface area contributed by atoms with Crippen LogP contribution >= 0.6 is 0 Å². The lowest BCUT2D eigenvalue weighted by atomic mass is 9.79. The van der Waals surface area contributed by atoms with Crippen molar-refractivity contribution in [2.75, 3.05) is 6.54 Å². The molecule has 3 rings (SSSR count). The van der Waals surface area contributed by atoms with Gasteiger partial charge >= 0.3 is 0 Å². The first-order chi connectivity index (χ1) is 10.7. The number of rotatable bonds is 3. The number of hydrogen-bond acceptors (Lipinski definition) is 1. The van der Waals surface area contributed by atoms with E-state index in [0.717, 1.165) is 24.1 Å². The van der Waals surface area contributed by atoms with E-state index in [1.165, 1.54) is 11.6 Å². The van der Waals surface area contributed by atoms with Crippen LogP contribution in [0.15, 0.2) is 48.5 Å². The minimum absolute atomic E-state index is 0.108. The summed E-state index contributed by atoms with van der Waals surface area (Å²) in [5, 5.41) is 3.51. The van der Waals surface area contributed by atoms with Crippen molar-refractivity contribution >= 4 is 0 Å². The molecule has 0 spiro atoms. The molecular weight excluding hydrogens is 273 g/mol. The quantitative estimate of drug-likeness (QED) is 0.834. The molecule has 2 heteroatoms. The van der Waals surface area contributed by atoms with Gasteiger partial charge in [0.25, 0.3) is 0 Å². The normalized spacial score (nSPS) is 22.2. The molecule has 0 aliphatic carbocycles. The molecule has 0 radical (unpaired) electrons. The largest absolute Gasteiger partial charge is 0.310 e. The first kappa shape index (κ1) is 14.8.